The van der Waals surface area contributed by atoms with Crippen LogP contribution in [0, 0.1) is 11.6 Å². The Morgan fingerprint density at radius 1 is 1.04 bits per heavy atom. The molecule has 1 aliphatic rings. The number of piperazine rings is 1. The molecule has 2 aromatic carbocycles. The summed E-state index contributed by atoms with van der Waals surface area (Å²) in [6.45, 7) is 3.35. The first-order chi connectivity index (χ1) is 12.6. The molecule has 2 heterocycles. The third-order valence-corrected chi connectivity index (χ3v) is 5.03. The van der Waals surface area contributed by atoms with Gasteiger partial charge in [0, 0.05) is 55.4 Å². The molecule has 0 bridgehead atoms. The van der Waals surface area contributed by atoms with Gasteiger partial charge in [-0.25, -0.2) is 8.78 Å². The summed E-state index contributed by atoms with van der Waals surface area (Å²) in [5, 5.41) is 11.3. The number of hydrogen-bond donors (Lipinski definition) is 2. The number of aromatic amines is 1. The van der Waals surface area contributed by atoms with Crippen molar-refractivity contribution >= 4 is 16.6 Å². The molecule has 26 heavy (non-hydrogen) atoms. The average Bonchev–Trinajstić information content (AvgIpc) is 3.06. The molecule has 1 unspecified atom stereocenters. The van der Waals surface area contributed by atoms with Gasteiger partial charge >= 0.3 is 0 Å². The van der Waals surface area contributed by atoms with Crippen LogP contribution in [0.15, 0.2) is 48.7 Å². The highest BCUT2D eigenvalue weighted by atomic mass is 19.1. The molecule has 1 fully saturated rings. The molecule has 136 valence electrons. The summed E-state index contributed by atoms with van der Waals surface area (Å²) in [7, 11) is 0. The molecule has 1 aliphatic heterocycles. The fourth-order valence-corrected chi connectivity index (χ4v) is 3.61. The van der Waals surface area contributed by atoms with Crippen molar-refractivity contribution in [2.24, 2.45) is 0 Å². The third-order valence-electron chi connectivity index (χ3n) is 5.03. The van der Waals surface area contributed by atoms with Crippen molar-refractivity contribution in [1.82, 2.24) is 9.88 Å². The lowest BCUT2D eigenvalue weighted by Gasteiger charge is -2.37. The SMILES string of the molecule is OC(CN1CCN(c2ccccc2F)CC1)c1c[nH]c2ccc(F)cc12. The highest BCUT2D eigenvalue weighted by Crippen LogP contribution is 2.26. The summed E-state index contributed by atoms with van der Waals surface area (Å²) < 4.78 is 27.4. The number of aromatic nitrogens is 1. The summed E-state index contributed by atoms with van der Waals surface area (Å²) in [5.74, 6) is -0.522. The summed E-state index contributed by atoms with van der Waals surface area (Å²) in [6.07, 6.45) is 1.04. The molecule has 4 nitrogen and oxygen atoms in total. The summed E-state index contributed by atoms with van der Waals surface area (Å²) in [4.78, 5) is 7.25. The van der Waals surface area contributed by atoms with E-state index in [1.54, 1.807) is 24.4 Å². The Hall–Kier alpha value is -2.44. The van der Waals surface area contributed by atoms with E-state index in [0.717, 1.165) is 18.6 Å². The van der Waals surface area contributed by atoms with Gasteiger partial charge in [-0.15, -0.1) is 0 Å². The number of fused-ring (bicyclic) bond motifs is 1. The van der Waals surface area contributed by atoms with Gasteiger partial charge in [0.05, 0.1) is 11.8 Å². The number of rotatable bonds is 4. The minimum absolute atomic E-state index is 0.207. The largest absolute Gasteiger partial charge is 0.387 e. The van der Waals surface area contributed by atoms with E-state index in [1.807, 2.05) is 11.0 Å². The minimum atomic E-state index is -0.703. The van der Waals surface area contributed by atoms with Gasteiger partial charge in [0.25, 0.3) is 0 Å². The molecule has 1 aromatic heterocycles. The van der Waals surface area contributed by atoms with Crippen molar-refractivity contribution in [3.8, 4) is 0 Å². The molecule has 3 aromatic rings. The van der Waals surface area contributed by atoms with Crippen LogP contribution in [-0.4, -0.2) is 47.7 Å². The van der Waals surface area contributed by atoms with Gasteiger partial charge in [-0.05, 0) is 30.3 Å². The zero-order valence-corrected chi connectivity index (χ0v) is 14.3. The Kier molecular flexibility index (Phi) is 4.61. The van der Waals surface area contributed by atoms with Crippen LogP contribution in [0.2, 0.25) is 0 Å². The molecule has 2 N–H and O–H groups in total. The molecular formula is C20H21F2N3O. The molecule has 0 amide bonds. The van der Waals surface area contributed by atoms with Crippen LogP contribution in [0.4, 0.5) is 14.5 Å². The standard InChI is InChI=1S/C20H21F2N3O/c21-14-5-6-18-15(11-14)16(12-23-18)20(26)13-24-7-9-25(10-8-24)19-4-2-1-3-17(19)22/h1-6,11-12,20,23,26H,7-10,13H2. The number of aliphatic hydroxyl groups is 1. The molecule has 0 spiro atoms. The molecule has 1 atom stereocenters. The molecule has 0 aliphatic carbocycles. The van der Waals surface area contributed by atoms with E-state index in [-0.39, 0.29) is 11.6 Å². The van der Waals surface area contributed by atoms with Gasteiger partial charge in [-0.1, -0.05) is 12.1 Å². The van der Waals surface area contributed by atoms with Gasteiger partial charge in [-0.3, -0.25) is 4.90 Å². The van der Waals surface area contributed by atoms with Crippen molar-refractivity contribution < 1.29 is 13.9 Å². The quantitative estimate of drug-likeness (QED) is 0.753. The molecule has 6 heteroatoms. The Morgan fingerprint density at radius 2 is 1.81 bits per heavy atom. The van der Waals surface area contributed by atoms with E-state index in [2.05, 4.69) is 9.88 Å². The van der Waals surface area contributed by atoms with Crippen molar-refractivity contribution in [2.75, 3.05) is 37.6 Å². The normalized spacial score (nSPS) is 17.0. The summed E-state index contributed by atoms with van der Waals surface area (Å²) in [5.41, 5.74) is 2.14. The maximum absolute atomic E-state index is 13.9. The number of nitrogens with one attached hydrogen (secondary N) is 1. The average molecular weight is 357 g/mol. The smallest absolute Gasteiger partial charge is 0.146 e. The van der Waals surface area contributed by atoms with E-state index in [1.165, 1.54) is 18.2 Å². The second kappa shape index (κ2) is 7.05. The maximum Gasteiger partial charge on any atom is 0.146 e. The number of anilines is 1. The summed E-state index contributed by atoms with van der Waals surface area (Å²) >= 11 is 0. The number of hydrogen-bond acceptors (Lipinski definition) is 3. The van der Waals surface area contributed by atoms with Crippen molar-refractivity contribution in [3.63, 3.8) is 0 Å². The highest BCUT2D eigenvalue weighted by molar-refractivity contribution is 5.83. The fourth-order valence-electron chi connectivity index (χ4n) is 3.61. The number of nitrogens with zero attached hydrogens (tertiary/aromatic N) is 2. The first-order valence-electron chi connectivity index (χ1n) is 8.78. The van der Waals surface area contributed by atoms with Crippen LogP contribution in [0.5, 0.6) is 0 Å². The zero-order chi connectivity index (χ0) is 18.1. The first kappa shape index (κ1) is 17.0. The molecule has 0 saturated carbocycles. The van der Waals surface area contributed by atoms with Crippen LogP contribution in [0.3, 0.4) is 0 Å². The van der Waals surface area contributed by atoms with E-state index < -0.39 is 6.10 Å². The van der Waals surface area contributed by atoms with Crippen molar-refractivity contribution in [1.29, 1.82) is 0 Å². The number of halogens is 2. The lowest BCUT2D eigenvalue weighted by atomic mass is 10.1. The van der Waals surface area contributed by atoms with Gasteiger partial charge in [-0.2, -0.15) is 0 Å². The summed E-state index contributed by atoms with van der Waals surface area (Å²) in [6, 6.07) is 11.3. The number of H-pyrrole nitrogens is 1. The van der Waals surface area contributed by atoms with E-state index in [4.69, 9.17) is 0 Å². The number of aliphatic hydroxyl groups excluding tert-OH is 1. The molecular weight excluding hydrogens is 336 g/mol. The molecule has 0 radical (unpaired) electrons. The predicted octanol–water partition coefficient (Wildman–Crippen LogP) is 3.30. The Bertz CT molecular complexity index is 903. The molecule has 1 saturated heterocycles. The van der Waals surface area contributed by atoms with E-state index >= 15 is 0 Å². The first-order valence-corrected chi connectivity index (χ1v) is 8.78. The molecule has 4 rings (SSSR count). The van der Waals surface area contributed by atoms with E-state index in [9.17, 15) is 13.9 Å². The van der Waals surface area contributed by atoms with Crippen LogP contribution >= 0.6 is 0 Å². The van der Waals surface area contributed by atoms with Crippen LogP contribution in [0.1, 0.15) is 11.7 Å². The maximum atomic E-state index is 13.9. The topological polar surface area (TPSA) is 42.5 Å². The highest BCUT2D eigenvalue weighted by Gasteiger charge is 2.22. The number of β-amino-alcohol motifs (C(OH)–C–C–N with tert-alkyl or cyclic N) is 1. The number of para-hydroxylation sites is 1. The minimum Gasteiger partial charge on any atom is -0.387 e. The van der Waals surface area contributed by atoms with Gasteiger partial charge in [0.1, 0.15) is 11.6 Å². The van der Waals surface area contributed by atoms with Crippen LogP contribution in [0.25, 0.3) is 10.9 Å². The predicted molar refractivity (Wildman–Crippen MR) is 98.3 cm³/mol. The number of benzene rings is 2. The third kappa shape index (κ3) is 3.30. The lowest BCUT2D eigenvalue weighted by Crippen LogP contribution is -2.47. The van der Waals surface area contributed by atoms with Crippen molar-refractivity contribution in [2.45, 2.75) is 6.10 Å². The Labute approximate surface area is 150 Å². The zero-order valence-electron chi connectivity index (χ0n) is 14.3. The Balaban J connectivity index is 1.41. The Morgan fingerprint density at radius 3 is 2.58 bits per heavy atom. The van der Waals surface area contributed by atoms with Crippen LogP contribution in [-0.2, 0) is 0 Å². The van der Waals surface area contributed by atoms with E-state index in [0.29, 0.717) is 36.3 Å². The van der Waals surface area contributed by atoms with Crippen LogP contribution < -0.4 is 4.90 Å². The lowest BCUT2D eigenvalue weighted by molar-refractivity contribution is 0.110. The van der Waals surface area contributed by atoms with Gasteiger partial charge in [0.2, 0.25) is 0 Å². The van der Waals surface area contributed by atoms with Gasteiger partial charge < -0.3 is 15.0 Å². The second-order valence-corrected chi connectivity index (χ2v) is 6.69. The van der Waals surface area contributed by atoms with Gasteiger partial charge in [0.15, 0.2) is 0 Å². The van der Waals surface area contributed by atoms with Crippen molar-refractivity contribution in [3.05, 3.63) is 65.9 Å². The monoisotopic (exact) mass is 357 g/mol. The second-order valence-electron chi connectivity index (χ2n) is 6.69. The fraction of sp³-hybridized carbons (Fsp3) is 0.300.